The van der Waals surface area contributed by atoms with E-state index in [1.807, 2.05) is 25.2 Å². The van der Waals surface area contributed by atoms with Crippen LogP contribution in [0.5, 0.6) is 5.75 Å². The molecule has 0 spiro atoms. The molecule has 23 heavy (non-hydrogen) atoms. The number of rotatable bonds is 3. The minimum Gasteiger partial charge on any atom is -0.489 e. The number of amides is 1. The van der Waals surface area contributed by atoms with Crippen LogP contribution in [0.15, 0.2) is 18.2 Å². The molecule has 2 atom stereocenters. The molecular weight excluding hydrogens is 316 g/mol. The SMILES string of the molecule is CNC(=S)[C@H]1OC(=O)N(c2ccc3c(c2)OCCN3C)C1CN. The van der Waals surface area contributed by atoms with E-state index in [-0.39, 0.29) is 12.6 Å². The number of benzene rings is 1. The third kappa shape index (κ3) is 2.68. The first-order chi connectivity index (χ1) is 11.1. The van der Waals surface area contributed by atoms with Crippen LogP contribution < -0.4 is 25.6 Å². The van der Waals surface area contributed by atoms with Crippen LogP contribution in [0.1, 0.15) is 0 Å². The number of cyclic esters (lactones) is 1. The molecule has 2 aliphatic heterocycles. The molecule has 1 saturated heterocycles. The number of carbonyl (C=O) groups excluding carboxylic acids is 1. The Bertz CT molecular complexity index is 639. The van der Waals surface area contributed by atoms with Crippen molar-refractivity contribution in [2.24, 2.45) is 5.73 Å². The number of fused-ring (bicyclic) bond motifs is 1. The smallest absolute Gasteiger partial charge is 0.415 e. The first-order valence-corrected chi connectivity index (χ1v) is 7.87. The van der Waals surface area contributed by atoms with Crippen LogP contribution in [0.4, 0.5) is 16.2 Å². The van der Waals surface area contributed by atoms with Gasteiger partial charge in [0.1, 0.15) is 17.3 Å². The highest BCUT2D eigenvalue weighted by Crippen LogP contribution is 2.37. The number of hydrogen-bond donors (Lipinski definition) is 2. The van der Waals surface area contributed by atoms with E-state index in [4.69, 9.17) is 27.4 Å². The molecule has 0 aromatic heterocycles. The van der Waals surface area contributed by atoms with Crippen LogP contribution in [0.3, 0.4) is 0 Å². The Morgan fingerprint density at radius 1 is 1.52 bits per heavy atom. The zero-order valence-electron chi connectivity index (χ0n) is 13.1. The molecule has 1 fully saturated rings. The van der Waals surface area contributed by atoms with Gasteiger partial charge < -0.3 is 25.4 Å². The summed E-state index contributed by atoms with van der Waals surface area (Å²) in [5.74, 6) is 0.750. The number of nitrogens with zero attached hydrogens (tertiary/aromatic N) is 2. The summed E-state index contributed by atoms with van der Waals surface area (Å²) < 4.78 is 11.1. The maximum atomic E-state index is 12.3. The zero-order valence-corrected chi connectivity index (χ0v) is 13.9. The van der Waals surface area contributed by atoms with Crippen molar-refractivity contribution in [1.82, 2.24) is 5.32 Å². The van der Waals surface area contributed by atoms with E-state index in [0.29, 0.717) is 17.3 Å². The number of carbonyl (C=O) groups is 1. The Balaban J connectivity index is 1.94. The predicted molar refractivity (Wildman–Crippen MR) is 92.5 cm³/mol. The van der Waals surface area contributed by atoms with Crippen LogP contribution in [0, 0.1) is 0 Å². The zero-order chi connectivity index (χ0) is 16.6. The minimum atomic E-state index is -0.549. The van der Waals surface area contributed by atoms with Crippen LogP contribution in [0.2, 0.25) is 0 Å². The van der Waals surface area contributed by atoms with Crippen LogP contribution in [0.25, 0.3) is 0 Å². The summed E-state index contributed by atoms with van der Waals surface area (Å²) in [5, 5.41) is 2.86. The molecule has 1 aromatic carbocycles. The van der Waals surface area contributed by atoms with Crippen LogP contribution in [-0.4, -0.2) is 57.0 Å². The lowest BCUT2D eigenvalue weighted by Gasteiger charge is -2.29. The topological polar surface area (TPSA) is 80.1 Å². The van der Waals surface area contributed by atoms with Gasteiger partial charge in [-0.1, -0.05) is 12.2 Å². The minimum absolute atomic E-state index is 0.246. The van der Waals surface area contributed by atoms with Gasteiger partial charge in [0.15, 0.2) is 6.10 Å². The lowest BCUT2D eigenvalue weighted by atomic mass is 10.1. The number of hydrogen-bond acceptors (Lipinski definition) is 6. The summed E-state index contributed by atoms with van der Waals surface area (Å²) in [7, 11) is 3.71. The van der Waals surface area contributed by atoms with E-state index in [1.54, 1.807) is 11.9 Å². The van der Waals surface area contributed by atoms with Crippen molar-refractivity contribution in [1.29, 1.82) is 0 Å². The molecule has 3 rings (SSSR count). The fraction of sp³-hybridized carbons (Fsp3) is 0.467. The molecule has 7 nitrogen and oxygen atoms in total. The summed E-state index contributed by atoms with van der Waals surface area (Å²) in [6.07, 6.45) is -1.00. The average Bonchev–Trinajstić information content (AvgIpc) is 2.90. The van der Waals surface area contributed by atoms with Crippen molar-refractivity contribution in [2.75, 3.05) is 43.6 Å². The fourth-order valence-electron chi connectivity index (χ4n) is 2.91. The quantitative estimate of drug-likeness (QED) is 0.787. The Labute approximate surface area is 140 Å². The Morgan fingerprint density at radius 2 is 2.30 bits per heavy atom. The van der Waals surface area contributed by atoms with Crippen LogP contribution >= 0.6 is 12.2 Å². The molecule has 0 radical (unpaired) electrons. The van der Waals surface area contributed by atoms with Gasteiger partial charge in [-0.2, -0.15) is 0 Å². The molecule has 3 N–H and O–H groups in total. The number of ether oxygens (including phenoxy) is 2. The largest absolute Gasteiger partial charge is 0.489 e. The van der Waals surface area contributed by atoms with E-state index >= 15 is 0 Å². The highest BCUT2D eigenvalue weighted by molar-refractivity contribution is 7.80. The standard InChI is InChI=1S/C15H20N4O3S/c1-17-14(23)13-11(8-16)19(15(20)22-13)9-3-4-10-12(7-9)21-6-5-18(10)2/h3-4,7,11,13H,5-6,8,16H2,1-2H3,(H,17,23)/t11?,13-/m0/s1. The molecular formula is C15H20N4O3S. The molecule has 1 amide bonds. The summed E-state index contributed by atoms with van der Waals surface area (Å²) in [5.41, 5.74) is 7.56. The molecule has 0 aliphatic carbocycles. The number of likely N-dealkylation sites (N-methyl/N-ethyl adjacent to an activating group) is 2. The maximum absolute atomic E-state index is 12.3. The van der Waals surface area contributed by atoms with E-state index in [2.05, 4.69) is 10.2 Å². The van der Waals surface area contributed by atoms with Gasteiger partial charge >= 0.3 is 6.09 Å². The maximum Gasteiger partial charge on any atom is 0.415 e. The van der Waals surface area contributed by atoms with Gasteiger partial charge in [-0.15, -0.1) is 0 Å². The number of nitrogens with two attached hydrogens (primary N) is 1. The van der Waals surface area contributed by atoms with Crippen molar-refractivity contribution in [3.05, 3.63) is 18.2 Å². The van der Waals surface area contributed by atoms with Gasteiger partial charge in [-0.3, -0.25) is 4.90 Å². The summed E-state index contributed by atoms with van der Waals surface area (Å²) in [6.45, 7) is 1.70. The molecule has 2 heterocycles. The second-order valence-electron chi connectivity index (χ2n) is 5.51. The van der Waals surface area contributed by atoms with Gasteiger partial charge in [-0.25, -0.2) is 4.79 Å². The van der Waals surface area contributed by atoms with Crippen molar-refractivity contribution in [3.63, 3.8) is 0 Å². The Morgan fingerprint density at radius 3 is 3.00 bits per heavy atom. The Hall–Kier alpha value is -2.06. The van der Waals surface area contributed by atoms with Crippen molar-refractivity contribution in [3.8, 4) is 5.75 Å². The highest BCUT2D eigenvalue weighted by atomic mass is 32.1. The van der Waals surface area contributed by atoms with E-state index < -0.39 is 12.2 Å². The molecule has 0 bridgehead atoms. The molecule has 2 aliphatic rings. The third-order valence-corrected chi connectivity index (χ3v) is 4.61. The van der Waals surface area contributed by atoms with Gasteiger partial charge in [0, 0.05) is 26.7 Å². The third-order valence-electron chi connectivity index (χ3n) is 4.17. The van der Waals surface area contributed by atoms with Gasteiger partial charge in [0.05, 0.1) is 24.0 Å². The molecule has 0 saturated carbocycles. The second kappa shape index (κ2) is 6.21. The van der Waals surface area contributed by atoms with Crippen molar-refractivity contribution >= 4 is 34.7 Å². The summed E-state index contributed by atoms with van der Waals surface area (Å²) in [6, 6.07) is 5.31. The molecule has 1 aromatic rings. The number of anilines is 2. The lowest BCUT2D eigenvalue weighted by Crippen LogP contribution is -2.47. The van der Waals surface area contributed by atoms with Gasteiger partial charge in [0.2, 0.25) is 0 Å². The first-order valence-electron chi connectivity index (χ1n) is 7.46. The highest BCUT2D eigenvalue weighted by Gasteiger charge is 2.44. The fourth-order valence-corrected chi connectivity index (χ4v) is 3.11. The van der Waals surface area contributed by atoms with Gasteiger partial charge in [-0.05, 0) is 12.1 Å². The summed E-state index contributed by atoms with van der Waals surface area (Å²) >= 11 is 5.23. The molecule has 124 valence electrons. The van der Waals surface area contributed by atoms with E-state index in [9.17, 15) is 4.79 Å². The normalized spacial score (nSPS) is 23.2. The van der Waals surface area contributed by atoms with Crippen molar-refractivity contribution in [2.45, 2.75) is 12.1 Å². The second-order valence-corrected chi connectivity index (χ2v) is 5.95. The Kier molecular flexibility index (Phi) is 4.27. The average molecular weight is 336 g/mol. The molecule has 8 heteroatoms. The van der Waals surface area contributed by atoms with Gasteiger partial charge in [0.25, 0.3) is 0 Å². The first kappa shape index (κ1) is 15.8. The number of nitrogens with one attached hydrogen (secondary N) is 1. The van der Waals surface area contributed by atoms with Crippen LogP contribution in [-0.2, 0) is 4.74 Å². The van der Waals surface area contributed by atoms with E-state index in [1.165, 1.54) is 0 Å². The lowest BCUT2D eigenvalue weighted by molar-refractivity contribution is 0.161. The van der Waals surface area contributed by atoms with E-state index in [0.717, 1.165) is 18.0 Å². The predicted octanol–water partition coefficient (Wildman–Crippen LogP) is 0.714. The number of thiocarbonyl (C=S) groups is 1. The molecule has 1 unspecified atom stereocenters. The summed E-state index contributed by atoms with van der Waals surface area (Å²) in [4.78, 5) is 16.4. The monoisotopic (exact) mass is 336 g/mol. The van der Waals surface area contributed by atoms with Crippen molar-refractivity contribution < 1.29 is 14.3 Å².